The molecule has 1 aromatic carbocycles. The quantitative estimate of drug-likeness (QED) is 0.429. The Morgan fingerprint density at radius 1 is 1.34 bits per heavy atom. The van der Waals surface area contributed by atoms with E-state index in [1.807, 2.05) is 24.3 Å². The van der Waals surface area contributed by atoms with Gasteiger partial charge in [0.1, 0.15) is 5.82 Å². The largest absolute Gasteiger partial charge is 0.462 e. The topological polar surface area (TPSA) is 78.8 Å². The van der Waals surface area contributed by atoms with Crippen molar-refractivity contribution in [3.05, 3.63) is 58.7 Å². The number of carbonyl (C=O) groups excluding carboxylic acids is 1. The van der Waals surface area contributed by atoms with Gasteiger partial charge in [-0.2, -0.15) is 0 Å². The SMILES string of the molecule is CCOC(=O)c1ccc(CNC(=NC)NC2CCN(c3ncccc3Cl)C2)cc1. The zero-order valence-corrected chi connectivity index (χ0v) is 17.4. The molecule has 1 aliphatic rings. The van der Waals surface area contributed by atoms with Crippen molar-refractivity contribution in [2.75, 3.05) is 31.6 Å². The normalized spacial score (nSPS) is 16.6. The first-order valence-corrected chi connectivity index (χ1v) is 10.1. The first-order chi connectivity index (χ1) is 14.1. The van der Waals surface area contributed by atoms with E-state index in [0.29, 0.717) is 23.7 Å². The number of nitrogens with zero attached hydrogens (tertiary/aromatic N) is 3. The molecule has 29 heavy (non-hydrogen) atoms. The van der Waals surface area contributed by atoms with Gasteiger partial charge >= 0.3 is 5.97 Å². The minimum Gasteiger partial charge on any atom is -0.462 e. The first-order valence-electron chi connectivity index (χ1n) is 9.69. The smallest absolute Gasteiger partial charge is 0.338 e. The molecule has 0 saturated carbocycles. The van der Waals surface area contributed by atoms with Crippen LogP contribution in [0.25, 0.3) is 0 Å². The number of aromatic nitrogens is 1. The zero-order chi connectivity index (χ0) is 20.6. The molecule has 2 heterocycles. The van der Waals surface area contributed by atoms with Gasteiger partial charge in [-0.1, -0.05) is 23.7 Å². The van der Waals surface area contributed by atoms with E-state index in [1.165, 1.54) is 0 Å². The van der Waals surface area contributed by atoms with E-state index in [1.54, 1.807) is 32.3 Å². The van der Waals surface area contributed by atoms with Crippen molar-refractivity contribution in [1.29, 1.82) is 0 Å². The fourth-order valence-corrected chi connectivity index (χ4v) is 3.47. The summed E-state index contributed by atoms with van der Waals surface area (Å²) in [6, 6.07) is 11.3. The van der Waals surface area contributed by atoms with E-state index in [-0.39, 0.29) is 12.0 Å². The molecular formula is C21H26ClN5O2. The zero-order valence-electron chi connectivity index (χ0n) is 16.7. The monoisotopic (exact) mass is 415 g/mol. The van der Waals surface area contributed by atoms with Crippen molar-refractivity contribution in [1.82, 2.24) is 15.6 Å². The highest BCUT2D eigenvalue weighted by molar-refractivity contribution is 6.32. The molecule has 154 valence electrons. The van der Waals surface area contributed by atoms with Crippen LogP contribution in [-0.4, -0.2) is 49.7 Å². The molecule has 1 aliphatic heterocycles. The number of nitrogens with one attached hydrogen (secondary N) is 2. The Hall–Kier alpha value is -2.80. The average Bonchev–Trinajstić information content (AvgIpc) is 3.20. The van der Waals surface area contributed by atoms with Crippen LogP contribution < -0.4 is 15.5 Å². The molecular weight excluding hydrogens is 390 g/mol. The Morgan fingerprint density at radius 3 is 2.83 bits per heavy atom. The fourth-order valence-electron chi connectivity index (χ4n) is 3.23. The Bertz CT molecular complexity index is 856. The molecule has 0 radical (unpaired) electrons. The number of carbonyl (C=O) groups is 1. The van der Waals surface area contributed by atoms with E-state index in [4.69, 9.17) is 16.3 Å². The minimum absolute atomic E-state index is 0.255. The minimum atomic E-state index is -0.303. The molecule has 0 amide bonds. The standard InChI is InChI=1S/C21H26ClN5O2/c1-3-29-20(28)16-8-6-15(7-9-16)13-25-21(23-2)26-17-10-12-27(14-17)19-18(22)5-4-11-24-19/h4-9,11,17H,3,10,12-14H2,1-2H3,(H2,23,25,26). The van der Waals surface area contributed by atoms with Crippen molar-refractivity contribution in [2.24, 2.45) is 4.99 Å². The van der Waals surface area contributed by atoms with Crippen molar-refractivity contribution in [3.8, 4) is 0 Å². The number of esters is 1. The molecule has 2 aromatic rings. The maximum absolute atomic E-state index is 11.7. The summed E-state index contributed by atoms with van der Waals surface area (Å²) >= 11 is 6.26. The van der Waals surface area contributed by atoms with Gasteiger partial charge in [0, 0.05) is 38.9 Å². The van der Waals surface area contributed by atoms with E-state index >= 15 is 0 Å². The lowest BCUT2D eigenvalue weighted by molar-refractivity contribution is 0.0526. The second-order valence-electron chi connectivity index (χ2n) is 6.73. The fraction of sp³-hybridized carbons (Fsp3) is 0.381. The highest BCUT2D eigenvalue weighted by Gasteiger charge is 2.25. The van der Waals surface area contributed by atoms with Crippen molar-refractivity contribution in [3.63, 3.8) is 0 Å². The highest BCUT2D eigenvalue weighted by atomic mass is 35.5. The van der Waals surface area contributed by atoms with Gasteiger partial charge in [-0.05, 0) is 43.2 Å². The number of anilines is 1. The number of guanidine groups is 1. The lowest BCUT2D eigenvalue weighted by Crippen LogP contribution is -2.44. The van der Waals surface area contributed by atoms with Gasteiger partial charge in [0.25, 0.3) is 0 Å². The van der Waals surface area contributed by atoms with E-state index in [0.717, 1.165) is 36.9 Å². The molecule has 1 atom stereocenters. The second kappa shape index (κ2) is 10.1. The summed E-state index contributed by atoms with van der Waals surface area (Å²) in [6.45, 7) is 4.47. The molecule has 1 saturated heterocycles. The maximum Gasteiger partial charge on any atom is 0.338 e. The van der Waals surface area contributed by atoms with Crippen LogP contribution in [0.5, 0.6) is 0 Å². The second-order valence-corrected chi connectivity index (χ2v) is 7.14. The number of aliphatic imine (C=N–C) groups is 1. The summed E-state index contributed by atoms with van der Waals surface area (Å²) in [5.74, 6) is 1.25. The summed E-state index contributed by atoms with van der Waals surface area (Å²) in [5.41, 5.74) is 1.60. The number of hydrogen-bond acceptors (Lipinski definition) is 5. The van der Waals surface area contributed by atoms with Crippen LogP contribution in [0.2, 0.25) is 5.02 Å². The molecule has 2 N–H and O–H groups in total. The van der Waals surface area contributed by atoms with Crippen LogP contribution in [0.1, 0.15) is 29.3 Å². The molecule has 3 rings (SSSR count). The molecule has 1 fully saturated rings. The van der Waals surface area contributed by atoms with Gasteiger partial charge < -0.3 is 20.3 Å². The number of ether oxygens (including phenoxy) is 1. The van der Waals surface area contributed by atoms with Crippen LogP contribution >= 0.6 is 11.6 Å². The molecule has 1 unspecified atom stereocenters. The highest BCUT2D eigenvalue weighted by Crippen LogP contribution is 2.25. The number of hydrogen-bond donors (Lipinski definition) is 2. The number of benzene rings is 1. The molecule has 0 aliphatic carbocycles. The lowest BCUT2D eigenvalue weighted by atomic mass is 10.1. The van der Waals surface area contributed by atoms with E-state index < -0.39 is 0 Å². The predicted octanol–water partition coefficient (Wildman–Crippen LogP) is 2.86. The van der Waals surface area contributed by atoms with Gasteiger partial charge in [0.2, 0.25) is 0 Å². The van der Waals surface area contributed by atoms with Gasteiger partial charge in [0.15, 0.2) is 5.96 Å². The molecule has 1 aromatic heterocycles. The van der Waals surface area contributed by atoms with Crippen molar-refractivity contribution in [2.45, 2.75) is 25.9 Å². The van der Waals surface area contributed by atoms with Gasteiger partial charge in [-0.3, -0.25) is 4.99 Å². The third kappa shape index (κ3) is 5.60. The summed E-state index contributed by atoms with van der Waals surface area (Å²) in [4.78, 5) is 22.6. The maximum atomic E-state index is 11.7. The number of pyridine rings is 1. The third-order valence-electron chi connectivity index (χ3n) is 4.72. The molecule has 8 heteroatoms. The third-order valence-corrected chi connectivity index (χ3v) is 5.01. The van der Waals surface area contributed by atoms with E-state index in [9.17, 15) is 4.79 Å². The van der Waals surface area contributed by atoms with Crippen LogP contribution in [-0.2, 0) is 11.3 Å². The predicted molar refractivity (Wildman–Crippen MR) is 116 cm³/mol. The van der Waals surface area contributed by atoms with Crippen LogP contribution in [0.3, 0.4) is 0 Å². The van der Waals surface area contributed by atoms with Crippen LogP contribution in [0, 0.1) is 0 Å². The van der Waals surface area contributed by atoms with E-state index in [2.05, 4.69) is 25.5 Å². The van der Waals surface area contributed by atoms with Crippen molar-refractivity contribution >= 4 is 29.3 Å². The summed E-state index contributed by atoms with van der Waals surface area (Å²) < 4.78 is 5.01. The Balaban J connectivity index is 1.50. The molecule has 0 spiro atoms. The Labute approximate surface area is 176 Å². The Morgan fingerprint density at radius 2 is 2.14 bits per heavy atom. The lowest BCUT2D eigenvalue weighted by Gasteiger charge is -2.20. The number of rotatable bonds is 6. The first kappa shape index (κ1) is 20.9. The average molecular weight is 416 g/mol. The molecule has 7 nitrogen and oxygen atoms in total. The molecule has 0 bridgehead atoms. The van der Waals surface area contributed by atoms with Crippen LogP contribution in [0.4, 0.5) is 5.82 Å². The van der Waals surface area contributed by atoms with Crippen LogP contribution in [0.15, 0.2) is 47.6 Å². The van der Waals surface area contributed by atoms with Gasteiger partial charge in [0.05, 0.1) is 17.2 Å². The van der Waals surface area contributed by atoms with Gasteiger partial charge in [-0.25, -0.2) is 9.78 Å². The summed E-state index contributed by atoms with van der Waals surface area (Å²) in [7, 11) is 1.75. The Kier molecular flexibility index (Phi) is 7.30. The summed E-state index contributed by atoms with van der Waals surface area (Å²) in [6.07, 6.45) is 2.73. The van der Waals surface area contributed by atoms with Crippen molar-refractivity contribution < 1.29 is 9.53 Å². The number of halogens is 1. The summed E-state index contributed by atoms with van der Waals surface area (Å²) in [5, 5.41) is 7.44. The van der Waals surface area contributed by atoms with Gasteiger partial charge in [-0.15, -0.1) is 0 Å².